The van der Waals surface area contributed by atoms with Gasteiger partial charge in [-0.25, -0.2) is 0 Å². The van der Waals surface area contributed by atoms with Crippen molar-refractivity contribution < 1.29 is 4.52 Å². The van der Waals surface area contributed by atoms with Crippen LogP contribution in [0.5, 0.6) is 0 Å². The first-order valence-corrected chi connectivity index (χ1v) is 4.78. The third kappa shape index (κ3) is 1.42. The van der Waals surface area contributed by atoms with Crippen LogP contribution >= 0.6 is 11.3 Å². The molecular weight excluding hydrogens is 186 g/mol. The minimum Gasteiger partial charge on any atom is -0.390 e. The molecule has 0 radical (unpaired) electrons. The summed E-state index contributed by atoms with van der Waals surface area (Å²) in [6.45, 7) is 2.09. The molecule has 0 aliphatic rings. The zero-order valence-electron chi connectivity index (χ0n) is 7.15. The van der Waals surface area contributed by atoms with Crippen LogP contribution in [-0.4, -0.2) is 10.1 Å². The highest BCUT2D eigenvalue weighted by atomic mass is 32.1. The van der Waals surface area contributed by atoms with Gasteiger partial charge in [-0.1, -0.05) is 12.1 Å². The maximum Gasteiger partial charge on any atom is 0.260 e. The van der Waals surface area contributed by atoms with Crippen molar-refractivity contribution in [3.8, 4) is 11.5 Å². The van der Waals surface area contributed by atoms with Gasteiger partial charge in [0.05, 0.1) is 10.6 Å². The summed E-state index contributed by atoms with van der Waals surface area (Å²) in [6.07, 6.45) is 2.35. The van der Waals surface area contributed by atoms with Crippen molar-refractivity contribution in [1.82, 2.24) is 10.1 Å². The number of nitrogens with zero attached hydrogens (tertiary/aromatic N) is 2. The van der Waals surface area contributed by atoms with E-state index >= 15 is 0 Å². The molecule has 68 valence electrons. The van der Waals surface area contributed by atoms with Gasteiger partial charge in [-0.2, -0.15) is 4.98 Å². The Balaban J connectivity index is 2.46. The predicted molar refractivity (Wildman–Crippen MR) is 51.4 cm³/mol. The second kappa shape index (κ2) is 3.18. The Bertz CT molecular complexity index is 393. The number of anilines is 1. The molecule has 0 aliphatic heterocycles. The first kappa shape index (κ1) is 8.25. The lowest BCUT2D eigenvalue weighted by molar-refractivity contribution is 0.430. The molecule has 0 atom stereocenters. The number of hydrogen-bond acceptors (Lipinski definition) is 5. The normalized spacial score (nSPS) is 10.5. The van der Waals surface area contributed by atoms with Gasteiger partial charge in [-0.3, -0.25) is 0 Å². The smallest absolute Gasteiger partial charge is 0.260 e. The van der Waals surface area contributed by atoms with E-state index in [1.165, 1.54) is 11.2 Å². The summed E-state index contributed by atoms with van der Waals surface area (Å²) in [5.41, 5.74) is 6.65. The third-order valence-corrected chi connectivity index (χ3v) is 2.86. The number of rotatable bonds is 2. The van der Waals surface area contributed by atoms with Crippen molar-refractivity contribution >= 4 is 16.3 Å². The first-order valence-electron chi connectivity index (χ1n) is 3.96. The van der Waals surface area contributed by atoms with Crippen LogP contribution in [-0.2, 0) is 6.42 Å². The van der Waals surface area contributed by atoms with Gasteiger partial charge in [0.15, 0.2) is 6.33 Å². The fourth-order valence-electron chi connectivity index (χ4n) is 1.09. The number of nitrogen functional groups attached to an aromatic ring is 1. The largest absolute Gasteiger partial charge is 0.390 e. The van der Waals surface area contributed by atoms with E-state index in [2.05, 4.69) is 17.1 Å². The number of aryl methyl sites for hydroxylation is 1. The monoisotopic (exact) mass is 195 g/mol. The topological polar surface area (TPSA) is 64.9 Å². The lowest BCUT2D eigenvalue weighted by Crippen LogP contribution is -1.82. The van der Waals surface area contributed by atoms with Crippen LogP contribution in [0.25, 0.3) is 11.5 Å². The van der Waals surface area contributed by atoms with Crippen LogP contribution < -0.4 is 5.73 Å². The Labute approximate surface area is 79.4 Å². The summed E-state index contributed by atoms with van der Waals surface area (Å²) in [4.78, 5) is 5.17. The number of aromatic nitrogens is 2. The fraction of sp³-hybridized carbons (Fsp3) is 0.250. The SMILES string of the molecule is CCc1cc(-c2ncno2)c(N)s1. The van der Waals surface area contributed by atoms with E-state index in [9.17, 15) is 0 Å². The minimum atomic E-state index is 0.494. The molecule has 2 aromatic heterocycles. The van der Waals surface area contributed by atoms with E-state index < -0.39 is 0 Å². The lowest BCUT2D eigenvalue weighted by atomic mass is 10.2. The molecule has 4 nitrogen and oxygen atoms in total. The number of thiophene rings is 1. The molecular formula is C8H9N3OS. The van der Waals surface area contributed by atoms with Crippen molar-refractivity contribution in [2.45, 2.75) is 13.3 Å². The van der Waals surface area contributed by atoms with Crippen molar-refractivity contribution in [3.63, 3.8) is 0 Å². The summed E-state index contributed by atoms with van der Waals surface area (Å²) in [5.74, 6) is 0.494. The summed E-state index contributed by atoms with van der Waals surface area (Å²) < 4.78 is 4.92. The van der Waals surface area contributed by atoms with E-state index in [0.29, 0.717) is 5.89 Å². The lowest BCUT2D eigenvalue weighted by Gasteiger charge is -1.88. The number of hydrogen-bond donors (Lipinski definition) is 1. The van der Waals surface area contributed by atoms with Crippen LogP contribution in [0.1, 0.15) is 11.8 Å². The molecule has 0 saturated heterocycles. The van der Waals surface area contributed by atoms with E-state index in [1.54, 1.807) is 11.3 Å². The molecule has 5 heteroatoms. The molecule has 2 aromatic rings. The molecule has 0 aliphatic carbocycles. The van der Waals surface area contributed by atoms with Gasteiger partial charge in [0.2, 0.25) is 0 Å². The highest BCUT2D eigenvalue weighted by Crippen LogP contribution is 2.32. The maximum absolute atomic E-state index is 5.80. The Morgan fingerprint density at radius 2 is 2.46 bits per heavy atom. The Hall–Kier alpha value is -1.36. The van der Waals surface area contributed by atoms with Crippen LogP contribution in [0.15, 0.2) is 16.9 Å². The van der Waals surface area contributed by atoms with E-state index in [-0.39, 0.29) is 0 Å². The summed E-state index contributed by atoms with van der Waals surface area (Å²) >= 11 is 1.56. The first-order chi connectivity index (χ1) is 6.31. The summed E-state index contributed by atoms with van der Waals surface area (Å²) in [5, 5.41) is 4.27. The van der Waals surface area contributed by atoms with Gasteiger partial charge in [0, 0.05) is 4.88 Å². The molecule has 2 N–H and O–H groups in total. The van der Waals surface area contributed by atoms with Gasteiger partial charge in [0.25, 0.3) is 5.89 Å². The molecule has 0 aromatic carbocycles. The fourth-order valence-corrected chi connectivity index (χ4v) is 1.95. The van der Waals surface area contributed by atoms with E-state index in [0.717, 1.165) is 17.0 Å². The van der Waals surface area contributed by atoms with Crippen molar-refractivity contribution in [2.24, 2.45) is 0 Å². The van der Waals surface area contributed by atoms with Gasteiger partial charge < -0.3 is 10.3 Å². The zero-order chi connectivity index (χ0) is 9.26. The average Bonchev–Trinajstić information content (AvgIpc) is 2.72. The van der Waals surface area contributed by atoms with Crippen molar-refractivity contribution in [2.75, 3.05) is 5.73 Å². The highest BCUT2D eigenvalue weighted by Gasteiger charge is 2.11. The molecule has 2 rings (SSSR count). The van der Waals surface area contributed by atoms with E-state index in [1.807, 2.05) is 6.07 Å². The molecule has 13 heavy (non-hydrogen) atoms. The van der Waals surface area contributed by atoms with Gasteiger partial charge in [-0.15, -0.1) is 11.3 Å². The van der Waals surface area contributed by atoms with Gasteiger partial charge in [-0.05, 0) is 12.5 Å². The van der Waals surface area contributed by atoms with Crippen LogP contribution in [0.3, 0.4) is 0 Å². The number of nitrogens with two attached hydrogens (primary N) is 1. The van der Waals surface area contributed by atoms with Crippen molar-refractivity contribution in [3.05, 3.63) is 17.3 Å². The zero-order valence-corrected chi connectivity index (χ0v) is 7.97. The molecule has 0 amide bonds. The standard InChI is InChI=1S/C8H9N3OS/c1-2-5-3-6(7(9)13-5)8-10-4-11-12-8/h3-4H,2,9H2,1H3. The Kier molecular flexibility index (Phi) is 2.02. The molecule has 0 unspecified atom stereocenters. The maximum atomic E-state index is 5.80. The minimum absolute atomic E-state index is 0.494. The van der Waals surface area contributed by atoms with Crippen LogP contribution in [0.2, 0.25) is 0 Å². The third-order valence-electron chi connectivity index (χ3n) is 1.75. The van der Waals surface area contributed by atoms with Crippen LogP contribution in [0.4, 0.5) is 5.00 Å². The predicted octanol–water partition coefficient (Wildman–Crippen LogP) is 1.94. The van der Waals surface area contributed by atoms with Crippen LogP contribution in [0, 0.1) is 0 Å². The molecule has 0 saturated carbocycles. The van der Waals surface area contributed by atoms with Gasteiger partial charge in [0.1, 0.15) is 0 Å². The van der Waals surface area contributed by atoms with E-state index in [4.69, 9.17) is 10.3 Å². The Morgan fingerprint density at radius 3 is 3.00 bits per heavy atom. The average molecular weight is 195 g/mol. The summed E-state index contributed by atoms with van der Waals surface area (Å²) in [6, 6.07) is 1.99. The second-order valence-electron chi connectivity index (χ2n) is 2.59. The molecule has 0 fully saturated rings. The van der Waals surface area contributed by atoms with Crippen molar-refractivity contribution in [1.29, 1.82) is 0 Å². The molecule has 0 spiro atoms. The highest BCUT2D eigenvalue weighted by molar-refractivity contribution is 7.16. The van der Waals surface area contributed by atoms with Gasteiger partial charge >= 0.3 is 0 Å². The Morgan fingerprint density at radius 1 is 1.62 bits per heavy atom. The molecule has 0 bridgehead atoms. The second-order valence-corrected chi connectivity index (χ2v) is 3.76. The quantitative estimate of drug-likeness (QED) is 0.795. The summed E-state index contributed by atoms with van der Waals surface area (Å²) in [7, 11) is 0. The molecule has 2 heterocycles.